The molecular formula is C12H11NO. The molecule has 2 aromatic rings. The van der Waals surface area contributed by atoms with E-state index in [1.165, 1.54) is 0 Å². The van der Waals surface area contributed by atoms with Gasteiger partial charge in [0, 0.05) is 0 Å². The molecule has 0 aliphatic carbocycles. The van der Waals surface area contributed by atoms with E-state index in [1.807, 2.05) is 43.3 Å². The fourth-order valence-corrected chi connectivity index (χ4v) is 1.21. The van der Waals surface area contributed by atoms with Gasteiger partial charge >= 0.3 is 0 Å². The van der Waals surface area contributed by atoms with Crippen LogP contribution >= 0.6 is 0 Å². The lowest BCUT2D eigenvalue weighted by molar-refractivity contribution is 0.560. The molecule has 0 saturated heterocycles. The minimum absolute atomic E-state index is 0.772. The second kappa shape index (κ2) is 3.92. The zero-order valence-electron chi connectivity index (χ0n) is 7.97. The number of aryl methyl sites for hydroxylation is 1. The molecule has 2 rings (SSSR count). The lowest BCUT2D eigenvalue weighted by atomic mass is 10.2. The maximum absolute atomic E-state index is 5.15. The molecule has 1 aromatic heterocycles. The first-order chi connectivity index (χ1) is 6.86. The number of aliphatic imine (C=N–C) groups is 1. The summed E-state index contributed by atoms with van der Waals surface area (Å²) in [5, 5.41) is 0. The van der Waals surface area contributed by atoms with Crippen molar-refractivity contribution in [2.75, 3.05) is 0 Å². The van der Waals surface area contributed by atoms with Gasteiger partial charge in [-0.25, -0.2) is 0 Å². The molecule has 0 atom stereocenters. The van der Waals surface area contributed by atoms with E-state index in [0.717, 1.165) is 17.0 Å². The van der Waals surface area contributed by atoms with Crippen LogP contribution in [-0.2, 0) is 0 Å². The highest BCUT2D eigenvalue weighted by atomic mass is 16.3. The topological polar surface area (TPSA) is 25.5 Å². The molecule has 2 nitrogen and oxygen atoms in total. The molecule has 0 aliphatic rings. The Balaban J connectivity index is 2.23. The molecular weight excluding hydrogens is 174 g/mol. The first-order valence-corrected chi connectivity index (χ1v) is 4.49. The van der Waals surface area contributed by atoms with Crippen LogP contribution in [0.5, 0.6) is 0 Å². The second-order valence-corrected chi connectivity index (χ2v) is 3.06. The lowest BCUT2D eigenvalue weighted by Gasteiger charge is -1.96. The van der Waals surface area contributed by atoms with Gasteiger partial charge in [-0.3, -0.25) is 4.99 Å². The number of nitrogens with zero attached hydrogens (tertiary/aromatic N) is 1. The van der Waals surface area contributed by atoms with Crippen molar-refractivity contribution in [3.63, 3.8) is 0 Å². The molecule has 0 unspecified atom stereocenters. The summed E-state index contributed by atoms with van der Waals surface area (Å²) in [7, 11) is 0. The quantitative estimate of drug-likeness (QED) is 0.659. The Morgan fingerprint density at radius 3 is 2.71 bits per heavy atom. The van der Waals surface area contributed by atoms with Gasteiger partial charge in [0.15, 0.2) is 0 Å². The predicted molar refractivity (Wildman–Crippen MR) is 57.1 cm³/mol. The van der Waals surface area contributed by atoms with Crippen molar-refractivity contribution in [1.82, 2.24) is 0 Å². The zero-order valence-corrected chi connectivity index (χ0v) is 7.97. The molecule has 1 heterocycles. The Bertz CT molecular complexity index is 429. The van der Waals surface area contributed by atoms with Crippen molar-refractivity contribution in [3.05, 3.63) is 54.0 Å². The van der Waals surface area contributed by atoms with E-state index >= 15 is 0 Å². The summed E-state index contributed by atoms with van der Waals surface area (Å²) in [6.45, 7) is 2.04. The van der Waals surface area contributed by atoms with Crippen molar-refractivity contribution in [1.29, 1.82) is 0 Å². The van der Waals surface area contributed by atoms with E-state index in [2.05, 4.69) is 4.99 Å². The van der Waals surface area contributed by atoms with Crippen LogP contribution in [0.2, 0.25) is 0 Å². The molecule has 1 aromatic carbocycles. The minimum Gasteiger partial charge on any atom is -0.463 e. The third-order valence-electron chi connectivity index (χ3n) is 1.99. The highest BCUT2D eigenvalue weighted by Crippen LogP contribution is 2.16. The molecule has 2 heteroatoms. The smallest absolute Gasteiger partial charge is 0.144 e. The van der Waals surface area contributed by atoms with E-state index in [-0.39, 0.29) is 0 Å². The van der Waals surface area contributed by atoms with E-state index in [4.69, 9.17) is 4.42 Å². The van der Waals surface area contributed by atoms with E-state index in [1.54, 1.807) is 12.5 Å². The van der Waals surface area contributed by atoms with Gasteiger partial charge < -0.3 is 4.42 Å². The summed E-state index contributed by atoms with van der Waals surface area (Å²) >= 11 is 0. The maximum Gasteiger partial charge on any atom is 0.144 e. The number of hydrogen-bond donors (Lipinski definition) is 0. The fourth-order valence-electron chi connectivity index (χ4n) is 1.21. The van der Waals surface area contributed by atoms with Gasteiger partial charge in [-0.2, -0.15) is 0 Å². The normalized spacial score (nSPS) is 10.9. The maximum atomic E-state index is 5.15. The Hall–Kier alpha value is -1.83. The third-order valence-corrected chi connectivity index (χ3v) is 1.99. The van der Waals surface area contributed by atoms with Crippen LogP contribution in [0.4, 0.5) is 5.69 Å². The molecule has 0 fully saturated rings. The first-order valence-electron chi connectivity index (χ1n) is 4.49. The summed E-state index contributed by atoms with van der Waals surface area (Å²) in [4.78, 5) is 4.33. The molecule has 0 radical (unpaired) electrons. The van der Waals surface area contributed by atoms with E-state index in [0.29, 0.717) is 0 Å². The van der Waals surface area contributed by atoms with Crippen LogP contribution in [0.1, 0.15) is 11.3 Å². The standard InChI is InChI=1S/C12H11NO/c1-10-5-2-3-7-12(10)13-9-11-6-4-8-14-11/h2-9H,1H3. The molecule has 0 N–H and O–H groups in total. The average Bonchev–Trinajstić information content (AvgIpc) is 2.69. The summed E-state index contributed by atoms with van der Waals surface area (Å²) in [6.07, 6.45) is 3.36. The highest BCUT2D eigenvalue weighted by Gasteiger charge is 1.93. The van der Waals surface area contributed by atoms with E-state index < -0.39 is 0 Å². The minimum atomic E-state index is 0.772. The van der Waals surface area contributed by atoms with E-state index in [9.17, 15) is 0 Å². The molecule has 70 valence electrons. The number of benzene rings is 1. The Morgan fingerprint density at radius 1 is 1.14 bits per heavy atom. The summed E-state index contributed by atoms with van der Waals surface area (Å²) in [6, 6.07) is 11.7. The van der Waals surface area contributed by atoms with Gasteiger partial charge in [-0.05, 0) is 30.7 Å². The molecule has 0 aliphatic heterocycles. The lowest BCUT2D eigenvalue weighted by Crippen LogP contribution is -1.76. The van der Waals surface area contributed by atoms with Gasteiger partial charge in [0.25, 0.3) is 0 Å². The Morgan fingerprint density at radius 2 is 2.00 bits per heavy atom. The number of hydrogen-bond acceptors (Lipinski definition) is 2. The first kappa shape index (κ1) is 8.75. The second-order valence-electron chi connectivity index (χ2n) is 3.06. The largest absolute Gasteiger partial charge is 0.463 e. The SMILES string of the molecule is Cc1ccccc1N=Cc1ccco1. The number of rotatable bonds is 2. The van der Waals surface area contributed by atoms with Crippen molar-refractivity contribution < 1.29 is 4.42 Å². The van der Waals surface area contributed by atoms with Crippen LogP contribution in [-0.4, -0.2) is 6.21 Å². The van der Waals surface area contributed by atoms with Crippen molar-refractivity contribution in [2.45, 2.75) is 6.92 Å². The summed E-state index contributed by atoms with van der Waals surface area (Å²) in [5.74, 6) is 0.772. The third kappa shape index (κ3) is 1.91. The highest BCUT2D eigenvalue weighted by molar-refractivity contribution is 5.78. The van der Waals surface area contributed by atoms with Gasteiger partial charge in [0.2, 0.25) is 0 Å². The summed E-state index contributed by atoms with van der Waals surface area (Å²) < 4.78 is 5.15. The molecule has 0 saturated carbocycles. The average molecular weight is 185 g/mol. The van der Waals surface area contributed by atoms with Crippen LogP contribution in [0, 0.1) is 6.92 Å². The van der Waals surface area contributed by atoms with Crippen molar-refractivity contribution in [2.24, 2.45) is 4.99 Å². The van der Waals surface area contributed by atoms with Crippen LogP contribution in [0.25, 0.3) is 0 Å². The number of furan rings is 1. The van der Waals surface area contributed by atoms with Gasteiger partial charge in [-0.1, -0.05) is 18.2 Å². The van der Waals surface area contributed by atoms with Crippen molar-refractivity contribution >= 4 is 11.9 Å². The van der Waals surface area contributed by atoms with Crippen LogP contribution < -0.4 is 0 Å². The Labute approximate surface area is 82.9 Å². The molecule has 0 amide bonds. The monoisotopic (exact) mass is 185 g/mol. The van der Waals surface area contributed by atoms with Crippen LogP contribution in [0.3, 0.4) is 0 Å². The predicted octanol–water partition coefficient (Wildman–Crippen LogP) is 3.34. The van der Waals surface area contributed by atoms with Gasteiger partial charge in [-0.15, -0.1) is 0 Å². The van der Waals surface area contributed by atoms with Gasteiger partial charge in [0.1, 0.15) is 5.76 Å². The van der Waals surface area contributed by atoms with Crippen LogP contribution in [0.15, 0.2) is 52.1 Å². The molecule has 0 spiro atoms. The molecule has 0 bridgehead atoms. The fraction of sp³-hybridized carbons (Fsp3) is 0.0833. The van der Waals surface area contributed by atoms with Gasteiger partial charge in [0.05, 0.1) is 18.2 Å². The zero-order chi connectivity index (χ0) is 9.80. The van der Waals surface area contributed by atoms with Crippen molar-refractivity contribution in [3.8, 4) is 0 Å². The Kier molecular flexibility index (Phi) is 2.45. The summed E-state index contributed by atoms with van der Waals surface area (Å²) in [5.41, 5.74) is 2.14. The number of para-hydroxylation sites is 1. The molecule has 14 heavy (non-hydrogen) atoms.